The fraction of sp³-hybridized carbons (Fsp3) is 0.526. The molecule has 0 atom stereocenters. The van der Waals surface area contributed by atoms with Crippen LogP contribution < -0.4 is 19.6 Å². The summed E-state index contributed by atoms with van der Waals surface area (Å²) in [6, 6.07) is 4.24. The first kappa shape index (κ1) is 21.7. The number of hydrogen-bond donors (Lipinski definition) is 1. The zero-order valence-electron chi connectivity index (χ0n) is 17.8. The number of azo groups is 1. The quantitative estimate of drug-likeness (QED) is 0.550. The van der Waals surface area contributed by atoms with Crippen molar-refractivity contribution in [1.82, 2.24) is 5.10 Å². The summed E-state index contributed by atoms with van der Waals surface area (Å²) in [6.45, 7) is 11.9. The van der Waals surface area contributed by atoms with Gasteiger partial charge in [-0.05, 0) is 62.7 Å². The lowest BCUT2D eigenvalue weighted by molar-refractivity contribution is -0.712. The van der Waals surface area contributed by atoms with E-state index in [2.05, 4.69) is 53.2 Å². The molecule has 0 fully saturated rings. The maximum absolute atomic E-state index is 11.5. The third-order valence-corrected chi connectivity index (χ3v) is 5.10. The van der Waals surface area contributed by atoms with Crippen molar-refractivity contribution in [2.75, 3.05) is 17.3 Å². The molecule has 9 heteroatoms. The molecule has 2 rings (SSSR count). The molecule has 0 spiro atoms. The van der Waals surface area contributed by atoms with Crippen LogP contribution in [0.5, 0.6) is 5.75 Å². The summed E-state index contributed by atoms with van der Waals surface area (Å²) in [7, 11) is 3.45. The maximum atomic E-state index is 11.5. The van der Waals surface area contributed by atoms with E-state index in [0.29, 0.717) is 34.3 Å². The monoisotopic (exact) mass is 405 g/mol. The van der Waals surface area contributed by atoms with Crippen molar-refractivity contribution in [3.8, 4) is 5.75 Å². The highest BCUT2D eigenvalue weighted by Crippen LogP contribution is 2.35. The lowest BCUT2D eigenvalue weighted by Gasteiger charge is -2.28. The van der Waals surface area contributed by atoms with Crippen LogP contribution in [0.15, 0.2) is 22.4 Å². The fourth-order valence-electron chi connectivity index (χ4n) is 2.93. The molecular weight excluding hydrogens is 376 g/mol. The highest BCUT2D eigenvalue weighted by molar-refractivity contribution is 7.18. The van der Waals surface area contributed by atoms with Crippen molar-refractivity contribution in [3.63, 3.8) is 0 Å². The van der Waals surface area contributed by atoms with E-state index in [0.717, 1.165) is 10.7 Å². The van der Waals surface area contributed by atoms with E-state index in [4.69, 9.17) is 4.74 Å². The second kappa shape index (κ2) is 9.09. The molecule has 1 amide bonds. The van der Waals surface area contributed by atoms with Gasteiger partial charge in [-0.15, -0.1) is 4.68 Å². The number of methoxy groups -OCH3 is 1. The molecule has 0 bridgehead atoms. The number of ether oxygens (including phenoxy) is 1. The molecule has 0 aliphatic rings. The third-order valence-electron chi connectivity index (χ3n) is 4.10. The van der Waals surface area contributed by atoms with Crippen molar-refractivity contribution in [3.05, 3.63) is 17.7 Å². The summed E-state index contributed by atoms with van der Waals surface area (Å²) in [5.74, 6) is 0.513. The van der Waals surface area contributed by atoms with Crippen molar-refractivity contribution in [2.45, 2.75) is 53.6 Å². The van der Waals surface area contributed by atoms with Gasteiger partial charge < -0.3 is 15.0 Å². The standard InChI is InChI=1S/C19H28N6O2S/c1-11(2)25(12(3)4)19-23-24(7)18(28-19)22-21-16-10-17(27-8)13(5)9-15(16)20-14(6)26/h9-12H,1-8H3/p+1. The van der Waals surface area contributed by atoms with Crippen LogP contribution in [0, 0.1) is 6.92 Å². The van der Waals surface area contributed by atoms with E-state index in [1.165, 1.54) is 18.3 Å². The molecule has 0 unspecified atom stereocenters. The molecule has 1 heterocycles. The maximum Gasteiger partial charge on any atom is 0.431 e. The number of hydrogen-bond acceptors (Lipinski definition) is 7. The Balaban J connectivity index is 2.42. The first-order valence-corrected chi connectivity index (χ1v) is 9.99. The molecule has 8 nitrogen and oxygen atoms in total. The zero-order valence-corrected chi connectivity index (χ0v) is 18.6. The SMILES string of the molecule is COc1cc(N=Nc2sc(N(C(C)C)C(C)C)n[n+]2C)c(NC(C)=O)cc1C. The number of nitrogens with zero attached hydrogens (tertiary/aromatic N) is 5. The van der Waals surface area contributed by atoms with E-state index >= 15 is 0 Å². The Morgan fingerprint density at radius 3 is 2.43 bits per heavy atom. The number of aromatic nitrogens is 2. The van der Waals surface area contributed by atoms with Crippen LogP contribution in [0.4, 0.5) is 21.6 Å². The molecular formula is C19H29N6O2S+. The molecule has 152 valence electrons. The Kier molecular flexibility index (Phi) is 7.06. The minimum atomic E-state index is -0.170. The van der Waals surface area contributed by atoms with Crippen LogP contribution in [-0.4, -0.2) is 30.2 Å². The van der Waals surface area contributed by atoms with Gasteiger partial charge in [-0.1, -0.05) is 5.10 Å². The number of anilines is 2. The summed E-state index contributed by atoms with van der Waals surface area (Å²) in [6.07, 6.45) is 0. The van der Waals surface area contributed by atoms with Gasteiger partial charge in [0.2, 0.25) is 11.0 Å². The first-order chi connectivity index (χ1) is 13.1. The minimum Gasteiger partial charge on any atom is -0.496 e. The first-order valence-electron chi connectivity index (χ1n) is 9.17. The summed E-state index contributed by atoms with van der Waals surface area (Å²) in [4.78, 5) is 13.8. The van der Waals surface area contributed by atoms with Gasteiger partial charge in [-0.25, -0.2) is 0 Å². The van der Waals surface area contributed by atoms with Crippen LogP contribution in [-0.2, 0) is 11.8 Å². The molecule has 0 saturated heterocycles. The summed E-state index contributed by atoms with van der Waals surface area (Å²) < 4.78 is 7.09. The Morgan fingerprint density at radius 2 is 1.89 bits per heavy atom. The van der Waals surface area contributed by atoms with Crippen molar-refractivity contribution < 1.29 is 14.2 Å². The zero-order chi connectivity index (χ0) is 21.0. The van der Waals surface area contributed by atoms with Crippen molar-refractivity contribution in [2.24, 2.45) is 17.3 Å². The largest absolute Gasteiger partial charge is 0.496 e. The van der Waals surface area contributed by atoms with Gasteiger partial charge in [0.05, 0.1) is 17.9 Å². The predicted molar refractivity (Wildman–Crippen MR) is 112 cm³/mol. The Morgan fingerprint density at radius 1 is 1.25 bits per heavy atom. The molecule has 1 N–H and O–H groups in total. The molecule has 0 saturated carbocycles. The normalized spacial score (nSPS) is 11.5. The number of aryl methyl sites for hydroxylation is 2. The highest BCUT2D eigenvalue weighted by Gasteiger charge is 2.24. The lowest BCUT2D eigenvalue weighted by Crippen LogP contribution is -2.39. The van der Waals surface area contributed by atoms with Gasteiger partial charge in [0, 0.05) is 25.1 Å². The van der Waals surface area contributed by atoms with Crippen molar-refractivity contribution >= 4 is 38.9 Å². The van der Waals surface area contributed by atoms with Crippen LogP contribution >= 0.6 is 11.3 Å². The second-order valence-electron chi connectivity index (χ2n) is 7.11. The van der Waals surface area contributed by atoms with Gasteiger partial charge in [0.1, 0.15) is 18.5 Å². The highest BCUT2D eigenvalue weighted by atomic mass is 32.1. The Labute approximate surface area is 170 Å². The molecule has 1 aromatic heterocycles. The van der Waals surface area contributed by atoms with Crippen LogP contribution in [0.3, 0.4) is 0 Å². The van der Waals surface area contributed by atoms with Crippen LogP contribution in [0.2, 0.25) is 0 Å². The summed E-state index contributed by atoms with van der Waals surface area (Å²) in [5.41, 5.74) is 2.02. The van der Waals surface area contributed by atoms with Crippen LogP contribution in [0.25, 0.3) is 0 Å². The number of nitrogens with one attached hydrogen (secondary N) is 1. The lowest BCUT2D eigenvalue weighted by atomic mass is 10.1. The van der Waals surface area contributed by atoms with E-state index in [1.54, 1.807) is 17.9 Å². The fourth-order valence-corrected chi connectivity index (χ4v) is 4.04. The number of carbonyl (C=O) groups excluding carboxylic acids is 1. The minimum absolute atomic E-state index is 0.170. The molecule has 28 heavy (non-hydrogen) atoms. The third kappa shape index (κ3) is 5.03. The Bertz CT molecular complexity index is 868. The van der Waals surface area contributed by atoms with Gasteiger partial charge in [-0.3, -0.25) is 4.79 Å². The van der Waals surface area contributed by atoms with E-state index in [1.807, 2.05) is 20.0 Å². The van der Waals surface area contributed by atoms with Gasteiger partial charge >= 0.3 is 5.13 Å². The number of rotatable bonds is 7. The van der Waals surface area contributed by atoms with Gasteiger partial charge in [-0.2, -0.15) is 0 Å². The average molecular weight is 406 g/mol. The molecule has 0 radical (unpaired) electrons. The smallest absolute Gasteiger partial charge is 0.431 e. The molecule has 0 aliphatic carbocycles. The number of carbonyl (C=O) groups is 1. The van der Waals surface area contributed by atoms with Gasteiger partial charge in [0.25, 0.3) is 0 Å². The van der Waals surface area contributed by atoms with Crippen LogP contribution in [0.1, 0.15) is 40.2 Å². The summed E-state index contributed by atoms with van der Waals surface area (Å²) >= 11 is 1.48. The topological polar surface area (TPSA) is 83.1 Å². The van der Waals surface area contributed by atoms with E-state index in [9.17, 15) is 4.79 Å². The van der Waals surface area contributed by atoms with E-state index in [-0.39, 0.29) is 5.91 Å². The van der Waals surface area contributed by atoms with Crippen molar-refractivity contribution in [1.29, 1.82) is 0 Å². The number of benzene rings is 1. The second-order valence-corrected chi connectivity index (χ2v) is 8.04. The predicted octanol–water partition coefficient (Wildman–Crippen LogP) is 4.28. The average Bonchev–Trinajstić information content (AvgIpc) is 2.93. The van der Waals surface area contributed by atoms with E-state index < -0.39 is 0 Å². The number of amides is 1. The Hall–Kier alpha value is -2.55. The summed E-state index contributed by atoms with van der Waals surface area (Å²) in [5, 5.41) is 17.7. The van der Waals surface area contributed by atoms with Gasteiger partial charge in [0.15, 0.2) is 0 Å². The molecule has 2 aromatic rings. The molecule has 1 aromatic carbocycles. The molecule has 0 aliphatic heterocycles.